The molecular formula is C21H21FN2O4. The number of ketones is 1. The average Bonchev–Trinajstić information content (AvgIpc) is 2.91. The molecule has 4 rings (SSSR count). The number of fused-ring (bicyclic) bond motifs is 1. The van der Waals surface area contributed by atoms with Gasteiger partial charge in [-0.05, 0) is 30.3 Å². The van der Waals surface area contributed by atoms with Crippen molar-refractivity contribution in [2.45, 2.75) is 12.0 Å². The number of carbonyl (C=O) groups is 2. The van der Waals surface area contributed by atoms with Crippen LogP contribution in [-0.4, -0.2) is 54.7 Å². The molecule has 146 valence electrons. The molecule has 1 atom stereocenters. The number of Topliss-reactive ketones (excluding diaryl/α,β-unsaturated/α-hetero) is 1. The Morgan fingerprint density at radius 1 is 1.11 bits per heavy atom. The number of anilines is 1. The fourth-order valence-corrected chi connectivity index (χ4v) is 3.73. The van der Waals surface area contributed by atoms with Gasteiger partial charge in [0.2, 0.25) is 0 Å². The Hall–Kier alpha value is -2.61. The van der Waals surface area contributed by atoms with Crippen LogP contribution in [0.4, 0.5) is 10.1 Å². The fourth-order valence-electron chi connectivity index (χ4n) is 3.73. The first-order chi connectivity index (χ1) is 13.5. The van der Waals surface area contributed by atoms with Crippen LogP contribution >= 0.6 is 0 Å². The van der Waals surface area contributed by atoms with Crippen LogP contribution in [0, 0.1) is 5.82 Å². The van der Waals surface area contributed by atoms with Gasteiger partial charge in [-0.3, -0.25) is 19.4 Å². The first-order valence-corrected chi connectivity index (χ1v) is 9.22. The average molecular weight is 384 g/mol. The molecule has 0 aliphatic carbocycles. The lowest BCUT2D eigenvalue weighted by Crippen LogP contribution is -2.49. The molecule has 2 aromatic rings. The molecule has 2 aliphatic heterocycles. The second kappa shape index (κ2) is 7.43. The number of nitrogens with zero attached hydrogens (tertiary/aromatic N) is 2. The van der Waals surface area contributed by atoms with Crippen molar-refractivity contribution in [1.29, 1.82) is 0 Å². The first-order valence-electron chi connectivity index (χ1n) is 9.22. The molecule has 0 bridgehead atoms. The Kier molecular flexibility index (Phi) is 4.97. The molecule has 1 fully saturated rings. The SMILES string of the molecule is O=C(CC1(O)C(=O)N(CN2CCOCC2)c2ccccc21)c1ccc(F)cc1. The number of aliphatic hydroxyl groups is 1. The summed E-state index contributed by atoms with van der Waals surface area (Å²) in [6, 6.07) is 12.1. The maximum Gasteiger partial charge on any atom is 0.265 e. The van der Waals surface area contributed by atoms with Crippen LogP contribution in [0.5, 0.6) is 0 Å². The topological polar surface area (TPSA) is 70.1 Å². The van der Waals surface area contributed by atoms with E-state index in [1.54, 1.807) is 24.3 Å². The van der Waals surface area contributed by atoms with E-state index in [4.69, 9.17) is 4.74 Å². The van der Waals surface area contributed by atoms with Crippen LogP contribution < -0.4 is 4.90 Å². The van der Waals surface area contributed by atoms with Crippen molar-refractivity contribution in [3.05, 3.63) is 65.5 Å². The zero-order valence-electron chi connectivity index (χ0n) is 15.3. The van der Waals surface area contributed by atoms with Gasteiger partial charge in [0.15, 0.2) is 11.4 Å². The fraction of sp³-hybridized carbons (Fsp3) is 0.333. The number of amides is 1. The van der Waals surface area contributed by atoms with E-state index in [1.807, 2.05) is 0 Å². The van der Waals surface area contributed by atoms with Crippen molar-refractivity contribution in [1.82, 2.24) is 4.90 Å². The summed E-state index contributed by atoms with van der Waals surface area (Å²) in [5, 5.41) is 11.3. The van der Waals surface area contributed by atoms with Gasteiger partial charge in [-0.25, -0.2) is 4.39 Å². The Labute approximate surface area is 162 Å². The van der Waals surface area contributed by atoms with Crippen molar-refractivity contribution < 1.29 is 23.8 Å². The Morgan fingerprint density at radius 3 is 2.50 bits per heavy atom. The minimum atomic E-state index is -1.94. The zero-order valence-corrected chi connectivity index (χ0v) is 15.3. The van der Waals surface area contributed by atoms with E-state index in [1.165, 1.54) is 29.2 Å². The number of hydrogen-bond donors (Lipinski definition) is 1. The molecule has 1 saturated heterocycles. The summed E-state index contributed by atoms with van der Waals surface area (Å²) in [6.45, 7) is 2.90. The number of benzene rings is 2. The molecule has 1 unspecified atom stereocenters. The van der Waals surface area contributed by atoms with E-state index in [2.05, 4.69) is 4.90 Å². The van der Waals surface area contributed by atoms with Gasteiger partial charge < -0.3 is 9.84 Å². The molecule has 6 nitrogen and oxygen atoms in total. The van der Waals surface area contributed by atoms with Crippen LogP contribution in [0.15, 0.2) is 48.5 Å². The van der Waals surface area contributed by atoms with E-state index in [-0.39, 0.29) is 5.56 Å². The smallest absolute Gasteiger partial charge is 0.265 e. The predicted octanol–water partition coefficient (Wildman–Crippen LogP) is 1.92. The number of carbonyl (C=O) groups excluding carboxylic acids is 2. The van der Waals surface area contributed by atoms with Crippen LogP contribution in [0.3, 0.4) is 0 Å². The summed E-state index contributed by atoms with van der Waals surface area (Å²) in [5.41, 5.74) is -0.655. The van der Waals surface area contributed by atoms with Crippen LogP contribution in [-0.2, 0) is 15.1 Å². The van der Waals surface area contributed by atoms with Crippen molar-refractivity contribution in [3.8, 4) is 0 Å². The Bertz CT molecular complexity index is 896. The zero-order chi connectivity index (χ0) is 19.7. The van der Waals surface area contributed by atoms with Crippen LogP contribution in [0.2, 0.25) is 0 Å². The second-order valence-electron chi connectivity index (χ2n) is 7.09. The van der Waals surface area contributed by atoms with E-state index >= 15 is 0 Å². The normalized spacial score (nSPS) is 22.4. The first kappa shape index (κ1) is 18.7. The molecular weight excluding hydrogens is 363 g/mol. The molecule has 2 aliphatic rings. The molecule has 28 heavy (non-hydrogen) atoms. The highest BCUT2D eigenvalue weighted by atomic mass is 19.1. The van der Waals surface area contributed by atoms with Gasteiger partial charge >= 0.3 is 0 Å². The molecule has 0 spiro atoms. The number of hydrogen-bond acceptors (Lipinski definition) is 5. The number of halogens is 1. The summed E-state index contributed by atoms with van der Waals surface area (Å²) in [5.74, 6) is -1.39. The lowest BCUT2D eigenvalue weighted by atomic mass is 9.88. The monoisotopic (exact) mass is 384 g/mol. The third-order valence-corrected chi connectivity index (χ3v) is 5.27. The van der Waals surface area contributed by atoms with Crippen molar-refractivity contribution in [2.24, 2.45) is 0 Å². The number of para-hydroxylation sites is 1. The van der Waals surface area contributed by atoms with E-state index in [0.717, 1.165) is 0 Å². The highest BCUT2D eigenvalue weighted by Gasteiger charge is 2.51. The minimum Gasteiger partial charge on any atom is -0.379 e. The molecule has 2 aromatic carbocycles. The maximum atomic E-state index is 13.2. The highest BCUT2D eigenvalue weighted by Crippen LogP contribution is 2.42. The summed E-state index contributed by atoms with van der Waals surface area (Å²) in [6.07, 6.45) is -0.395. The quantitative estimate of drug-likeness (QED) is 0.798. The molecule has 0 saturated carbocycles. The summed E-state index contributed by atoms with van der Waals surface area (Å²) < 4.78 is 18.5. The van der Waals surface area contributed by atoms with Crippen molar-refractivity contribution in [2.75, 3.05) is 37.9 Å². The molecule has 1 amide bonds. The van der Waals surface area contributed by atoms with Gasteiger partial charge in [0.1, 0.15) is 5.82 Å². The van der Waals surface area contributed by atoms with E-state index < -0.39 is 29.5 Å². The van der Waals surface area contributed by atoms with Gasteiger partial charge in [-0.15, -0.1) is 0 Å². The van der Waals surface area contributed by atoms with Gasteiger partial charge in [-0.2, -0.15) is 0 Å². The lowest BCUT2D eigenvalue weighted by Gasteiger charge is -2.31. The third-order valence-electron chi connectivity index (χ3n) is 5.27. The Balaban J connectivity index is 1.61. The molecule has 2 heterocycles. The summed E-state index contributed by atoms with van der Waals surface area (Å²) in [7, 11) is 0. The summed E-state index contributed by atoms with van der Waals surface area (Å²) in [4.78, 5) is 29.5. The number of rotatable bonds is 5. The Morgan fingerprint density at radius 2 is 1.79 bits per heavy atom. The third kappa shape index (κ3) is 3.32. The van der Waals surface area contributed by atoms with E-state index in [9.17, 15) is 19.1 Å². The molecule has 1 N–H and O–H groups in total. The standard InChI is InChI=1S/C21H21FN2O4/c22-16-7-5-15(6-8-16)19(25)13-21(27)17-3-1-2-4-18(17)24(20(21)26)14-23-9-11-28-12-10-23/h1-8,27H,9-14H2. The maximum absolute atomic E-state index is 13.2. The van der Waals surface area contributed by atoms with Crippen LogP contribution in [0.25, 0.3) is 0 Å². The molecule has 0 radical (unpaired) electrons. The molecule has 0 aromatic heterocycles. The second-order valence-corrected chi connectivity index (χ2v) is 7.09. The minimum absolute atomic E-state index is 0.256. The van der Waals surface area contributed by atoms with Gasteiger partial charge in [-0.1, -0.05) is 18.2 Å². The van der Waals surface area contributed by atoms with Crippen molar-refractivity contribution in [3.63, 3.8) is 0 Å². The van der Waals surface area contributed by atoms with Gasteiger partial charge in [0.05, 0.1) is 32.0 Å². The van der Waals surface area contributed by atoms with E-state index in [0.29, 0.717) is 44.2 Å². The van der Waals surface area contributed by atoms with Crippen LogP contribution in [0.1, 0.15) is 22.3 Å². The van der Waals surface area contributed by atoms with Gasteiger partial charge in [0.25, 0.3) is 5.91 Å². The van der Waals surface area contributed by atoms with Gasteiger partial charge in [0, 0.05) is 24.2 Å². The summed E-state index contributed by atoms with van der Waals surface area (Å²) >= 11 is 0. The predicted molar refractivity (Wildman–Crippen MR) is 100 cm³/mol. The lowest BCUT2D eigenvalue weighted by molar-refractivity contribution is -0.136. The highest BCUT2D eigenvalue weighted by molar-refractivity contribution is 6.10. The molecule has 7 heteroatoms. The number of morpholine rings is 1. The largest absolute Gasteiger partial charge is 0.379 e. The number of ether oxygens (including phenoxy) is 1. The van der Waals surface area contributed by atoms with Crippen molar-refractivity contribution >= 4 is 17.4 Å².